The minimum absolute atomic E-state index is 0.177. The normalized spacial score (nSPS) is 15.3. The fourth-order valence-electron chi connectivity index (χ4n) is 2.36. The zero-order valence-electron chi connectivity index (χ0n) is 11.9. The molecule has 110 valence electrons. The van der Waals surface area contributed by atoms with Gasteiger partial charge in [-0.3, -0.25) is 4.79 Å². The molecular weight excluding hydrogens is 286 g/mol. The highest BCUT2D eigenvalue weighted by Gasteiger charge is 2.23. The van der Waals surface area contributed by atoms with Crippen LogP contribution in [0.4, 0.5) is 5.95 Å². The molecule has 1 aliphatic heterocycles. The fraction of sp³-hybridized carbons (Fsp3) is 0.429. The first kappa shape index (κ1) is 13.9. The lowest BCUT2D eigenvalue weighted by atomic mass is 10.2. The third-order valence-corrected chi connectivity index (χ3v) is 4.56. The van der Waals surface area contributed by atoms with Crippen molar-refractivity contribution in [2.45, 2.75) is 13.3 Å². The van der Waals surface area contributed by atoms with E-state index in [1.165, 1.54) is 0 Å². The van der Waals surface area contributed by atoms with Crippen LogP contribution < -0.4 is 4.90 Å². The number of anilines is 1. The summed E-state index contributed by atoms with van der Waals surface area (Å²) < 4.78 is 0. The molecule has 2 aromatic heterocycles. The number of carbonyl (C=O) groups excluding carboxylic acids is 1. The van der Waals surface area contributed by atoms with Gasteiger partial charge in [0.25, 0.3) is 0 Å². The molecule has 1 amide bonds. The highest BCUT2D eigenvalue weighted by Crippen LogP contribution is 2.15. The number of thiazole rings is 1. The zero-order chi connectivity index (χ0) is 14.7. The highest BCUT2D eigenvalue weighted by atomic mass is 32.1. The minimum atomic E-state index is 0.177. The summed E-state index contributed by atoms with van der Waals surface area (Å²) in [7, 11) is 0. The average molecular weight is 303 g/mol. The quantitative estimate of drug-likeness (QED) is 0.850. The number of aromatic nitrogens is 3. The molecule has 21 heavy (non-hydrogen) atoms. The molecule has 2 aromatic rings. The summed E-state index contributed by atoms with van der Waals surface area (Å²) in [6.07, 6.45) is 3.94. The smallest absolute Gasteiger partial charge is 0.228 e. The number of aryl methyl sites for hydroxylation is 1. The maximum Gasteiger partial charge on any atom is 0.228 e. The van der Waals surface area contributed by atoms with Crippen molar-refractivity contribution in [3.05, 3.63) is 34.5 Å². The summed E-state index contributed by atoms with van der Waals surface area (Å²) in [5.74, 6) is 0.916. The Bertz CT molecular complexity index is 607. The van der Waals surface area contributed by atoms with Gasteiger partial charge in [-0.05, 0) is 13.0 Å². The maximum atomic E-state index is 12.3. The van der Waals surface area contributed by atoms with Gasteiger partial charge in [0, 0.05) is 43.4 Å². The van der Waals surface area contributed by atoms with Gasteiger partial charge in [-0.25, -0.2) is 15.0 Å². The van der Waals surface area contributed by atoms with Gasteiger partial charge in [0.15, 0.2) is 0 Å². The Balaban J connectivity index is 1.56. The van der Waals surface area contributed by atoms with Crippen LogP contribution in [-0.4, -0.2) is 51.9 Å². The van der Waals surface area contributed by atoms with Gasteiger partial charge in [0.1, 0.15) is 0 Å². The molecule has 0 N–H and O–H groups in total. The Kier molecular flexibility index (Phi) is 4.10. The van der Waals surface area contributed by atoms with Crippen molar-refractivity contribution >= 4 is 23.2 Å². The lowest BCUT2D eigenvalue weighted by Crippen LogP contribution is -2.49. The molecule has 1 aliphatic rings. The van der Waals surface area contributed by atoms with Gasteiger partial charge in [-0.15, -0.1) is 11.3 Å². The van der Waals surface area contributed by atoms with Gasteiger partial charge < -0.3 is 9.80 Å². The second-order valence-electron chi connectivity index (χ2n) is 4.95. The van der Waals surface area contributed by atoms with Crippen LogP contribution in [0.2, 0.25) is 0 Å². The predicted octanol–water partition coefficient (Wildman–Crippen LogP) is 1.13. The van der Waals surface area contributed by atoms with Crippen molar-refractivity contribution in [3.63, 3.8) is 0 Å². The summed E-state index contributed by atoms with van der Waals surface area (Å²) >= 11 is 1.55. The van der Waals surface area contributed by atoms with Gasteiger partial charge in [-0.2, -0.15) is 0 Å². The minimum Gasteiger partial charge on any atom is -0.339 e. The summed E-state index contributed by atoms with van der Waals surface area (Å²) in [5.41, 5.74) is 2.76. The number of rotatable bonds is 3. The topological polar surface area (TPSA) is 62.2 Å². The van der Waals surface area contributed by atoms with E-state index >= 15 is 0 Å². The largest absolute Gasteiger partial charge is 0.339 e. The van der Waals surface area contributed by atoms with Gasteiger partial charge >= 0.3 is 0 Å². The summed E-state index contributed by atoms with van der Waals surface area (Å²) in [6, 6.07) is 1.81. The lowest BCUT2D eigenvalue weighted by Gasteiger charge is -2.34. The molecule has 0 aromatic carbocycles. The SMILES string of the molecule is Cc1ncsc1CC(=O)N1CCN(c2ncccn2)CC1. The number of hydrogen-bond acceptors (Lipinski definition) is 6. The van der Waals surface area contributed by atoms with E-state index in [0.29, 0.717) is 6.42 Å². The van der Waals surface area contributed by atoms with Crippen LogP contribution in [0.5, 0.6) is 0 Å². The molecule has 0 unspecified atom stereocenters. The van der Waals surface area contributed by atoms with Gasteiger partial charge in [0.05, 0.1) is 17.6 Å². The molecule has 6 nitrogen and oxygen atoms in total. The summed E-state index contributed by atoms with van der Waals surface area (Å²) in [4.78, 5) is 30.1. The molecule has 7 heteroatoms. The Morgan fingerprint density at radius 2 is 1.90 bits per heavy atom. The van der Waals surface area contributed by atoms with Crippen molar-refractivity contribution in [1.82, 2.24) is 19.9 Å². The lowest BCUT2D eigenvalue weighted by molar-refractivity contribution is -0.130. The number of nitrogens with zero attached hydrogens (tertiary/aromatic N) is 5. The molecule has 1 fully saturated rings. The molecule has 0 saturated carbocycles. The first-order chi connectivity index (χ1) is 10.2. The second kappa shape index (κ2) is 6.17. The number of hydrogen-bond donors (Lipinski definition) is 0. The van der Waals surface area contributed by atoms with Crippen LogP contribution in [-0.2, 0) is 11.2 Å². The third-order valence-electron chi connectivity index (χ3n) is 3.62. The Morgan fingerprint density at radius 1 is 1.19 bits per heavy atom. The van der Waals surface area contributed by atoms with E-state index < -0.39 is 0 Å². The van der Waals surface area contributed by atoms with Crippen molar-refractivity contribution in [1.29, 1.82) is 0 Å². The molecule has 3 rings (SSSR count). The van der Waals surface area contributed by atoms with E-state index in [4.69, 9.17) is 0 Å². The molecule has 3 heterocycles. The monoisotopic (exact) mass is 303 g/mol. The van der Waals surface area contributed by atoms with Crippen LogP contribution in [0.1, 0.15) is 10.6 Å². The number of piperazine rings is 1. The Labute approximate surface area is 127 Å². The standard InChI is InChI=1S/C14H17N5OS/c1-11-12(21-10-17-11)9-13(20)18-5-7-19(8-6-18)14-15-3-2-4-16-14/h2-4,10H,5-9H2,1H3. The van der Waals surface area contributed by atoms with Crippen molar-refractivity contribution in [2.24, 2.45) is 0 Å². The second-order valence-corrected chi connectivity index (χ2v) is 5.89. The van der Waals surface area contributed by atoms with Crippen molar-refractivity contribution in [3.8, 4) is 0 Å². The summed E-state index contributed by atoms with van der Waals surface area (Å²) in [6.45, 7) is 4.93. The molecule has 1 saturated heterocycles. The van der Waals surface area contributed by atoms with E-state index in [0.717, 1.165) is 42.7 Å². The van der Waals surface area contributed by atoms with E-state index in [9.17, 15) is 4.79 Å². The highest BCUT2D eigenvalue weighted by molar-refractivity contribution is 7.09. The Morgan fingerprint density at radius 3 is 2.52 bits per heavy atom. The molecule has 0 aliphatic carbocycles. The van der Waals surface area contributed by atoms with Crippen LogP contribution >= 0.6 is 11.3 Å². The molecule has 0 bridgehead atoms. The molecule has 0 atom stereocenters. The first-order valence-electron chi connectivity index (χ1n) is 6.93. The first-order valence-corrected chi connectivity index (χ1v) is 7.80. The van der Waals surface area contributed by atoms with Crippen LogP contribution in [0.15, 0.2) is 24.0 Å². The van der Waals surface area contributed by atoms with E-state index in [1.54, 1.807) is 35.3 Å². The van der Waals surface area contributed by atoms with Crippen LogP contribution in [0, 0.1) is 6.92 Å². The van der Waals surface area contributed by atoms with Crippen LogP contribution in [0.25, 0.3) is 0 Å². The van der Waals surface area contributed by atoms with Crippen molar-refractivity contribution < 1.29 is 4.79 Å². The van der Waals surface area contributed by atoms with E-state index in [2.05, 4.69) is 19.9 Å². The van der Waals surface area contributed by atoms with Crippen molar-refractivity contribution in [2.75, 3.05) is 31.1 Å². The molecular formula is C14H17N5OS. The van der Waals surface area contributed by atoms with E-state index in [-0.39, 0.29) is 5.91 Å². The molecule has 0 spiro atoms. The van der Waals surface area contributed by atoms with E-state index in [1.807, 2.05) is 11.8 Å². The number of amides is 1. The van der Waals surface area contributed by atoms with Gasteiger partial charge in [0.2, 0.25) is 11.9 Å². The summed E-state index contributed by atoms with van der Waals surface area (Å²) in [5, 5.41) is 0. The average Bonchev–Trinajstić information content (AvgIpc) is 2.93. The fourth-order valence-corrected chi connectivity index (χ4v) is 3.12. The third kappa shape index (κ3) is 3.18. The van der Waals surface area contributed by atoms with Gasteiger partial charge in [-0.1, -0.05) is 0 Å². The predicted molar refractivity (Wildman–Crippen MR) is 81.4 cm³/mol. The number of carbonyl (C=O) groups is 1. The Hall–Kier alpha value is -2.02. The zero-order valence-corrected chi connectivity index (χ0v) is 12.7. The maximum absolute atomic E-state index is 12.3. The molecule has 0 radical (unpaired) electrons. The van der Waals surface area contributed by atoms with Crippen LogP contribution in [0.3, 0.4) is 0 Å².